The van der Waals surface area contributed by atoms with Crippen LogP contribution in [-0.4, -0.2) is 20.7 Å². The molecule has 0 radical (unpaired) electrons. The van der Waals surface area contributed by atoms with Gasteiger partial charge in [-0.3, -0.25) is 4.79 Å². The van der Waals surface area contributed by atoms with Crippen molar-refractivity contribution in [1.82, 2.24) is 4.57 Å². The molecule has 0 amide bonds. The summed E-state index contributed by atoms with van der Waals surface area (Å²) < 4.78 is 7.08. The Morgan fingerprint density at radius 3 is 2.36 bits per heavy atom. The number of carbonyl (C=O) groups is 1. The average Bonchev–Trinajstić information content (AvgIpc) is 2.56. The molecule has 0 aliphatic heterocycles. The van der Waals surface area contributed by atoms with Crippen LogP contribution >= 0.6 is 0 Å². The van der Waals surface area contributed by atoms with Crippen LogP contribution in [0.5, 0.6) is 17.2 Å². The number of hydrogen-bond donors (Lipinski definition) is 2. The van der Waals surface area contributed by atoms with Gasteiger partial charge in [-0.2, -0.15) is 0 Å². The maximum Gasteiger partial charge on any atom is 0.345 e. The summed E-state index contributed by atoms with van der Waals surface area (Å²) in [5, 5.41) is 19.9. The molecular weight excluding hydrogens is 322 g/mol. The van der Waals surface area contributed by atoms with Gasteiger partial charge in [0.15, 0.2) is 5.56 Å². The van der Waals surface area contributed by atoms with Gasteiger partial charge >= 0.3 is 5.97 Å². The number of ether oxygens (including phenoxy) is 1. The predicted octanol–water partition coefficient (Wildman–Crippen LogP) is 3.78. The van der Waals surface area contributed by atoms with Crippen LogP contribution in [-0.2, 0) is 0 Å². The lowest BCUT2D eigenvalue weighted by Crippen LogP contribution is -2.28. The van der Waals surface area contributed by atoms with Gasteiger partial charge in [-0.1, -0.05) is 18.2 Å². The fraction of sp³-hybridized carbons (Fsp3) is 0.158. The minimum atomic E-state index is -1.46. The Balaban J connectivity index is 2.25. The maximum absolute atomic E-state index is 12.5. The summed E-state index contributed by atoms with van der Waals surface area (Å²) in [7, 11) is 0. The lowest BCUT2D eigenvalue weighted by Gasteiger charge is -2.17. The summed E-state index contributed by atoms with van der Waals surface area (Å²) in [4.78, 5) is 23.9. The van der Waals surface area contributed by atoms with Crippen LogP contribution in [0, 0.1) is 0 Å². The summed E-state index contributed by atoms with van der Waals surface area (Å²) in [6.07, 6.45) is 0. The van der Waals surface area contributed by atoms with Crippen LogP contribution in [0.1, 0.15) is 30.2 Å². The summed E-state index contributed by atoms with van der Waals surface area (Å²) in [5.41, 5.74) is -0.926. The molecule has 0 unspecified atom stereocenters. The van der Waals surface area contributed by atoms with Gasteiger partial charge in [0.25, 0.3) is 5.56 Å². The number of nitrogens with zero attached hydrogens (tertiary/aromatic N) is 1. The molecule has 3 rings (SSSR count). The van der Waals surface area contributed by atoms with Crippen molar-refractivity contribution in [2.75, 3.05) is 0 Å². The number of carboxylic acids is 1. The molecule has 0 atom stereocenters. The van der Waals surface area contributed by atoms with Crippen molar-refractivity contribution < 1.29 is 19.7 Å². The third-order valence-electron chi connectivity index (χ3n) is 3.86. The normalized spacial score (nSPS) is 11.0. The molecule has 0 spiro atoms. The zero-order valence-corrected chi connectivity index (χ0v) is 13.8. The maximum atomic E-state index is 12.5. The van der Waals surface area contributed by atoms with E-state index in [1.807, 2.05) is 18.2 Å². The second kappa shape index (κ2) is 6.32. The van der Waals surface area contributed by atoms with E-state index >= 15 is 0 Å². The number of para-hydroxylation sites is 1. The quantitative estimate of drug-likeness (QED) is 0.755. The molecule has 1 heterocycles. The molecule has 6 nitrogen and oxygen atoms in total. The minimum Gasteiger partial charge on any atom is -0.506 e. The largest absolute Gasteiger partial charge is 0.506 e. The lowest BCUT2D eigenvalue weighted by atomic mass is 10.1. The molecule has 2 aromatic carbocycles. The molecule has 0 saturated carbocycles. The van der Waals surface area contributed by atoms with Crippen molar-refractivity contribution in [3.63, 3.8) is 0 Å². The summed E-state index contributed by atoms with van der Waals surface area (Å²) in [5.74, 6) is -0.979. The Hall–Kier alpha value is -3.28. The number of aromatic carboxylic acids is 1. The van der Waals surface area contributed by atoms with Gasteiger partial charge in [-0.05, 0) is 44.2 Å². The van der Waals surface area contributed by atoms with E-state index in [-0.39, 0.29) is 11.4 Å². The summed E-state index contributed by atoms with van der Waals surface area (Å²) in [6.45, 7) is 3.55. The second-order valence-electron chi connectivity index (χ2n) is 5.89. The first kappa shape index (κ1) is 16.6. The number of carboxylic acid groups (broad SMARTS) is 1. The number of hydrogen-bond acceptors (Lipinski definition) is 4. The van der Waals surface area contributed by atoms with E-state index in [1.165, 1.54) is 10.6 Å². The highest BCUT2D eigenvalue weighted by Crippen LogP contribution is 2.32. The highest BCUT2D eigenvalue weighted by atomic mass is 16.5. The van der Waals surface area contributed by atoms with E-state index in [1.54, 1.807) is 38.1 Å². The minimum absolute atomic E-state index is 0.249. The van der Waals surface area contributed by atoms with Crippen LogP contribution in [0.2, 0.25) is 0 Å². The van der Waals surface area contributed by atoms with Crippen molar-refractivity contribution >= 4 is 16.9 Å². The number of pyridine rings is 1. The molecule has 0 bridgehead atoms. The number of benzene rings is 2. The van der Waals surface area contributed by atoms with Crippen LogP contribution in [0.25, 0.3) is 10.9 Å². The van der Waals surface area contributed by atoms with Gasteiger partial charge in [0, 0.05) is 11.4 Å². The van der Waals surface area contributed by atoms with E-state index in [0.29, 0.717) is 17.0 Å². The topological polar surface area (TPSA) is 88.8 Å². The van der Waals surface area contributed by atoms with Gasteiger partial charge in [0.1, 0.15) is 17.2 Å². The van der Waals surface area contributed by atoms with Crippen LogP contribution in [0.15, 0.2) is 53.3 Å². The van der Waals surface area contributed by atoms with E-state index in [2.05, 4.69) is 0 Å². The molecule has 1 aromatic heterocycles. The summed E-state index contributed by atoms with van der Waals surface area (Å²) >= 11 is 0. The van der Waals surface area contributed by atoms with Crippen molar-refractivity contribution in [2.45, 2.75) is 19.9 Å². The average molecular weight is 339 g/mol. The molecule has 25 heavy (non-hydrogen) atoms. The van der Waals surface area contributed by atoms with Gasteiger partial charge in [-0.15, -0.1) is 0 Å². The van der Waals surface area contributed by atoms with E-state index in [0.717, 1.165) is 0 Å². The Bertz CT molecular complexity index is 1010. The lowest BCUT2D eigenvalue weighted by molar-refractivity contribution is 0.0691. The summed E-state index contributed by atoms with van der Waals surface area (Å²) in [6, 6.07) is 13.6. The molecule has 128 valence electrons. The fourth-order valence-corrected chi connectivity index (χ4v) is 2.77. The first-order valence-corrected chi connectivity index (χ1v) is 7.77. The van der Waals surface area contributed by atoms with Crippen molar-refractivity contribution in [3.05, 3.63) is 64.4 Å². The molecule has 0 saturated heterocycles. The fourth-order valence-electron chi connectivity index (χ4n) is 2.77. The number of aromatic nitrogens is 1. The number of aromatic hydroxyl groups is 1. The molecule has 2 N–H and O–H groups in total. The molecule has 0 aliphatic carbocycles. The molecular formula is C19H17NO5. The Morgan fingerprint density at radius 2 is 1.76 bits per heavy atom. The molecule has 6 heteroatoms. The van der Waals surface area contributed by atoms with Gasteiger partial charge in [-0.25, -0.2) is 4.79 Å². The Morgan fingerprint density at radius 1 is 1.08 bits per heavy atom. The molecule has 3 aromatic rings. The zero-order chi connectivity index (χ0) is 18.1. The highest BCUT2D eigenvalue weighted by molar-refractivity contribution is 5.99. The zero-order valence-electron chi connectivity index (χ0n) is 13.8. The predicted molar refractivity (Wildman–Crippen MR) is 93.7 cm³/mol. The van der Waals surface area contributed by atoms with Crippen molar-refractivity contribution in [1.29, 1.82) is 0 Å². The number of fused-ring (bicyclic) bond motifs is 1. The van der Waals surface area contributed by atoms with Crippen LogP contribution in [0.4, 0.5) is 0 Å². The Kier molecular flexibility index (Phi) is 4.19. The van der Waals surface area contributed by atoms with Gasteiger partial charge < -0.3 is 19.5 Å². The SMILES string of the molecule is CC(C)n1c(=O)c(C(=O)O)c(O)c2cc(Oc3ccccc3)ccc21. The third kappa shape index (κ3) is 2.94. The first-order valence-electron chi connectivity index (χ1n) is 7.77. The van der Waals surface area contributed by atoms with Gasteiger partial charge in [0.05, 0.1) is 5.52 Å². The Labute approximate surface area is 143 Å². The number of rotatable bonds is 4. The smallest absolute Gasteiger partial charge is 0.345 e. The molecule has 0 aliphatic rings. The second-order valence-corrected chi connectivity index (χ2v) is 5.89. The standard InChI is InChI=1S/C19H17NO5/c1-11(2)20-15-9-8-13(25-12-6-4-3-5-7-12)10-14(15)17(21)16(18(20)22)19(23)24/h3-11,21H,1-2H3,(H,23,24). The van der Waals surface area contributed by atoms with Crippen molar-refractivity contribution in [2.24, 2.45) is 0 Å². The van der Waals surface area contributed by atoms with E-state index in [9.17, 15) is 19.8 Å². The monoisotopic (exact) mass is 339 g/mol. The van der Waals surface area contributed by atoms with E-state index in [4.69, 9.17) is 4.74 Å². The van der Waals surface area contributed by atoms with Crippen LogP contribution < -0.4 is 10.3 Å². The molecule has 0 fully saturated rings. The van der Waals surface area contributed by atoms with Gasteiger partial charge in [0.2, 0.25) is 0 Å². The first-order chi connectivity index (χ1) is 11.9. The van der Waals surface area contributed by atoms with Crippen molar-refractivity contribution in [3.8, 4) is 17.2 Å². The highest BCUT2D eigenvalue weighted by Gasteiger charge is 2.23. The van der Waals surface area contributed by atoms with Crippen LogP contribution in [0.3, 0.4) is 0 Å². The van der Waals surface area contributed by atoms with E-state index < -0.39 is 22.8 Å². The third-order valence-corrected chi connectivity index (χ3v) is 3.86.